The third kappa shape index (κ3) is 3.37. The zero-order valence-corrected chi connectivity index (χ0v) is 15.0. The molecule has 0 aliphatic heterocycles. The number of ketones is 1. The molecule has 3 N–H and O–H groups in total. The van der Waals surface area contributed by atoms with Crippen LogP contribution in [0.4, 0.5) is 10.3 Å². The van der Waals surface area contributed by atoms with Gasteiger partial charge in [-0.05, 0) is 30.2 Å². The van der Waals surface area contributed by atoms with E-state index >= 15 is 0 Å². The molecule has 0 radical (unpaired) electrons. The van der Waals surface area contributed by atoms with Gasteiger partial charge in [-0.15, -0.1) is 0 Å². The predicted molar refractivity (Wildman–Crippen MR) is 98.7 cm³/mol. The van der Waals surface area contributed by atoms with Gasteiger partial charge in [-0.25, -0.2) is 4.39 Å². The topological polar surface area (TPSA) is 93.8 Å². The molecule has 1 aromatic carbocycles. The van der Waals surface area contributed by atoms with Gasteiger partial charge in [0.05, 0.1) is 11.1 Å². The zero-order chi connectivity index (χ0) is 19.1. The summed E-state index contributed by atoms with van der Waals surface area (Å²) >= 11 is 0. The highest BCUT2D eigenvalue weighted by Crippen LogP contribution is 2.22. The van der Waals surface area contributed by atoms with Crippen LogP contribution in [-0.4, -0.2) is 20.3 Å². The zero-order valence-electron chi connectivity index (χ0n) is 15.0. The minimum Gasteiger partial charge on any atom is -0.369 e. The number of aryl methyl sites for hydroxylation is 1. The standard InChI is InChI=1S/C19H21FN4O2/c1-19(2,3)15(25)14-10-13-16(22-14)23-18(21)24(17(13)26)8-7-11-5-4-6-12(20)9-11/h4-6,9-10,22H,7-8H2,1-3H3,(H2,21,23). The van der Waals surface area contributed by atoms with Crippen molar-refractivity contribution in [3.8, 4) is 0 Å². The third-order valence-corrected chi connectivity index (χ3v) is 4.21. The molecule has 0 aliphatic rings. The third-order valence-electron chi connectivity index (χ3n) is 4.21. The second-order valence-electron chi connectivity index (χ2n) is 7.33. The molecule has 0 unspecified atom stereocenters. The summed E-state index contributed by atoms with van der Waals surface area (Å²) in [6, 6.07) is 7.71. The lowest BCUT2D eigenvalue weighted by Gasteiger charge is -2.14. The molecule has 0 amide bonds. The number of carbonyl (C=O) groups is 1. The van der Waals surface area contributed by atoms with Crippen LogP contribution in [0.3, 0.4) is 0 Å². The first-order valence-corrected chi connectivity index (χ1v) is 8.35. The van der Waals surface area contributed by atoms with E-state index in [1.54, 1.807) is 32.9 Å². The fraction of sp³-hybridized carbons (Fsp3) is 0.316. The van der Waals surface area contributed by atoms with E-state index in [0.29, 0.717) is 23.1 Å². The van der Waals surface area contributed by atoms with Gasteiger partial charge in [-0.3, -0.25) is 14.2 Å². The summed E-state index contributed by atoms with van der Waals surface area (Å²) in [6.45, 7) is 5.69. The van der Waals surface area contributed by atoms with E-state index in [-0.39, 0.29) is 29.7 Å². The minimum absolute atomic E-state index is 0.0514. The van der Waals surface area contributed by atoms with E-state index in [4.69, 9.17) is 5.73 Å². The lowest BCUT2D eigenvalue weighted by atomic mass is 9.89. The number of halogens is 1. The van der Waals surface area contributed by atoms with Gasteiger partial charge in [0.2, 0.25) is 5.95 Å². The maximum absolute atomic E-state index is 13.3. The number of aromatic nitrogens is 3. The number of rotatable bonds is 4. The van der Waals surface area contributed by atoms with Gasteiger partial charge in [0.1, 0.15) is 11.5 Å². The molecule has 2 aromatic heterocycles. The maximum atomic E-state index is 13.3. The van der Waals surface area contributed by atoms with E-state index in [0.717, 1.165) is 5.56 Å². The number of H-pyrrole nitrogens is 1. The molecule has 0 aliphatic carbocycles. The number of aromatic amines is 1. The van der Waals surface area contributed by atoms with Crippen molar-refractivity contribution in [1.82, 2.24) is 14.5 Å². The minimum atomic E-state index is -0.581. The molecule has 0 saturated carbocycles. The molecule has 2 heterocycles. The fourth-order valence-corrected chi connectivity index (χ4v) is 2.80. The van der Waals surface area contributed by atoms with E-state index < -0.39 is 5.41 Å². The number of benzene rings is 1. The second-order valence-corrected chi connectivity index (χ2v) is 7.33. The number of anilines is 1. The van der Waals surface area contributed by atoms with Crippen molar-refractivity contribution in [1.29, 1.82) is 0 Å². The summed E-state index contributed by atoms with van der Waals surface area (Å²) in [5.41, 5.74) is 6.40. The van der Waals surface area contributed by atoms with Gasteiger partial charge in [0.15, 0.2) is 5.78 Å². The summed E-state index contributed by atoms with van der Waals surface area (Å²) in [6.07, 6.45) is 0.438. The summed E-state index contributed by atoms with van der Waals surface area (Å²) < 4.78 is 14.6. The Morgan fingerprint density at radius 2 is 2.04 bits per heavy atom. The van der Waals surface area contributed by atoms with Crippen molar-refractivity contribution in [2.75, 3.05) is 5.73 Å². The van der Waals surface area contributed by atoms with Crippen molar-refractivity contribution in [2.45, 2.75) is 33.7 Å². The number of nitrogens with two attached hydrogens (primary N) is 1. The average molecular weight is 356 g/mol. The SMILES string of the molecule is CC(C)(C)C(=O)c1cc2c(=O)n(CCc3cccc(F)c3)c(N)nc2[nH]1. The number of nitrogens with one attached hydrogen (secondary N) is 1. The molecule has 3 aromatic rings. The van der Waals surface area contributed by atoms with Crippen molar-refractivity contribution in [2.24, 2.45) is 5.41 Å². The number of carbonyl (C=O) groups excluding carboxylic acids is 1. The Labute approximate surface area is 149 Å². The molecule has 0 spiro atoms. The van der Waals surface area contributed by atoms with Gasteiger partial charge >= 0.3 is 0 Å². The molecular formula is C19H21FN4O2. The van der Waals surface area contributed by atoms with E-state index in [9.17, 15) is 14.0 Å². The number of Topliss-reactive ketones (excluding diaryl/α,β-unsaturated/α-hetero) is 1. The van der Waals surface area contributed by atoms with Crippen LogP contribution in [0, 0.1) is 11.2 Å². The van der Waals surface area contributed by atoms with Crippen LogP contribution < -0.4 is 11.3 Å². The van der Waals surface area contributed by atoms with Gasteiger partial charge < -0.3 is 10.7 Å². The molecule has 26 heavy (non-hydrogen) atoms. The summed E-state index contributed by atoms with van der Waals surface area (Å²) in [4.78, 5) is 32.3. The Morgan fingerprint density at radius 1 is 1.31 bits per heavy atom. The van der Waals surface area contributed by atoms with Crippen molar-refractivity contribution in [3.05, 3.63) is 57.8 Å². The van der Waals surface area contributed by atoms with Gasteiger partial charge in [-0.1, -0.05) is 32.9 Å². The molecule has 3 rings (SSSR count). The Balaban J connectivity index is 1.97. The number of fused-ring (bicyclic) bond motifs is 1. The lowest BCUT2D eigenvalue weighted by molar-refractivity contribution is 0.0854. The normalized spacial score (nSPS) is 11.8. The van der Waals surface area contributed by atoms with E-state index in [1.165, 1.54) is 22.8 Å². The first kappa shape index (κ1) is 17.8. The summed E-state index contributed by atoms with van der Waals surface area (Å²) in [5, 5.41) is 0.311. The molecule has 0 fully saturated rings. The van der Waals surface area contributed by atoms with Gasteiger partial charge in [0, 0.05) is 12.0 Å². The Hall–Kier alpha value is -2.96. The van der Waals surface area contributed by atoms with Crippen LogP contribution in [0.25, 0.3) is 11.0 Å². The van der Waals surface area contributed by atoms with Crippen LogP contribution in [0.1, 0.15) is 36.8 Å². The highest BCUT2D eigenvalue weighted by molar-refractivity contribution is 6.01. The quantitative estimate of drug-likeness (QED) is 0.703. The highest BCUT2D eigenvalue weighted by Gasteiger charge is 2.25. The van der Waals surface area contributed by atoms with Crippen LogP contribution in [0.2, 0.25) is 0 Å². The molecular weight excluding hydrogens is 335 g/mol. The molecule has 6 nitrogen and oxygen atoms in total. The number of nitrogen functional groups attached to an aromatic ring is 1. The lowest BCUT2D eigenvalue weighted by Crippen LogP contribution is -2.25. The van der Waals surface area contributed by atoms with Gasteiger partial charge in [0.25, 0.3) is 5.56 Å². The molecule has 7 heteroatoms. The summed E-state index contributed by atoms with van der Waals surface area (Å²) in [5.74, 6) is -0.386. The second kappa shape index (κ2) is 6.40. The van der Waals surface area contributed by atoms with Crippen molar-refractivity contribution in [3.63, 3.8) is 0 Å². The van der Waals surface area contributed by atoms with Gasteiger partial charge in [-0.2, -0.15) is 4.98 Å². The van der Waals surface area contributed by atoms with Crippen molar-refractivity contribution >= 4 is 22.8 Å². The molecule has 0 saturated heterocycles. The van der Waals surface area contributed by atoms with Crippen molar-refractivity contribution < 1.29 is 9.18 Å². The first-order chi connectivity index (χ1) is 12.2. The highest BCUT2D eigenvalue weighted by atomic mass is 19.1. The average Bonchev–Trinajstić information content (AvgIpc) is 2.97. The van der Waals surface area contributed by atoms with E-state index in [2.05, 4.69) is 9.97 Å². The molecule has 0 atom stereocenters. The monoisotopic (exact) mass is 356 g/mol. The number of nitrogens with zero attached hydrogens (tertiary/aromatic N) is 2. The Morgan fingerprint density at radius 3 is 2.69 bits per heavy atom. The van der Waals surface area contributed by atoms with Crippen LogP contribution in [0.5, 0.6) is 0 Å². The smallest absolute Gasteiger partial charge is 0.264 e. The molecule has 136 valence electrons. The number of hydrogen-bond donors (Lipinski definition) is 2. The predicted octanol–water partition coefficient (Wildman–Crippen LogP) is 2.92. The van der Waals surface area contributed by atoms with Crippen LogP contribution in [-0.2, 0) is 13.0 Å². The largest absolute Gasteiger partial charge is 0.369 e. The van der Waals surface area contributed by atoms with E-state index in [1.807, 2.05) is 0 Å². The summed E-state index contributed by atoms with van der Waals surface area (Å²) in [7, 11) is 0. The Kier molecular flexibility index (Phi) is 4.39. The molecule has 0 bridgehead atoms. The number of hydrogen-bond acceptors (Lipinski definition) is 4. The van der Waals surface area contributed by atoms with Crippen LogP contribution in [0.15, 0.2) is 35.1 Å². The maximum Gasteiger partial charge on any atom is 0.264 e. The fourth-order valence-electron chi connectivity index (χ4n) is 2.80. The Bertz CT molecular complexity index is 1040. The first-order valence-electron chi connectivity index (χ1n) is 8.35. The van der Waals surface area contributed by atoms with Crippen LogP contribution >= 0.6 is 0 Å².